The number of allylic oxidation sites excluding steroid dienone is 1. The van der Waals surface area contributed by atoms with Crippen molar-refractivity contribution in [3.63, 3.8) is 0 Å². The third kappa shape index (κ3) is 3.31. The highest BCUT2D eigenvalue weighted by molar-refractivity contribution is 5.98. The van der Waals surface area contributed by atoms with Crippen LogP contribution in [0.2, 0.25) is 0 Å². The summed E-state index contributed by atoms with van der Waals surface area (Å²) < 4.78 is 14.9. The van der Waals surface area contributed by atoms with Crippen LogP contribution in [0.15, 0.2) is 39.9 Å². The van der Waals surface area contributed by atoms with Crippen LogP contribution in [0.5, 0.6) is 0 Å². The number of fused-ring (bicyclic) bond motifs is 1. The number of H-pyrrole nitrogens is 1. The quantitative estimate of drug-likeness (QED) is 0.543. The molecule has 2 aromatic heterocycles. The zero-order valence-electron chi connectivity index (χ0n) is 15.8. The Balaban J connectivity index is 2.63. The van der Waals surface area contributed by atoms with E-state index in [1.54, 1.807) is 25.1 Å². The van der Waals surface area contributed by atoms with Gasteiger partial charge in [-0.1, -0.05) is 26.0 Å². The number of carbonyl (C=O) groups excluding carboxylic acids is 1. The molecule has 0 unspecified atom stereocenters. The highest BCUT2D eigenvalue weighted by Gasteiger charge is 2.21. The van der Waals surface area contributed by atoms with E-state index < -0.39 is 17.1 Å². The van der Waals surface area contributed by atoms with Crippen LogP contribution >= 0.6 is 0 Å². The van der Waals surface area contributed by atoms with E-state index in [0.29, 0.717) is 35.2 Å². The van der Waals surface area contributed by atoms with Crippen LogP contribution in [-0.4, -0.2) is 20.8 Å². The third-order valence-corrected chi connectivity index (χ3v) is 4.53. The van der Waals surface area contributed by atoms with Gasteiger partial charge in [-0.25, -0.2) is 14.2 Å². The lowest BCUT2D eigenvalue weighted by Crippen LogP contribution is -2.31. The maximum absolute atomic E-state index is 13.5. The fourth-order valence-electron chi connectivity index (χ4n) is 3.29. The molecule has 0 radical (unpaired) electrons. The van der Waals surface area contributed by atoms with Crippen LogP contribution < -0.4 is 11.2 Å². The molecule has 3 aromatic rings. The molecule has 144 valence electrons. The zero-order chi connectivity index (χ0) is 20.4. The van der Waals surface area contributed by atoms with Crippen molar-refractivity contribution < 1.29 is 9.18 Å². The van der Waals surface area contributed by atoms with Gasteiger partial charge in [-0.2, -0.15) is 0 Å². The molecule has 0 amide bonds. The SMILES string of the molecule is CCn1c(=O)[nH]c(=O)c2c(-c3ccc(F)cc3)c(C=CC=O)c(C(C)C)nc21. The van der Waals surface area contributed by atoms with Crippen molar-refractivity contribution in [2.45, 2.75) is 33.2 Å². The Morgan fingerprint density at radius 3 is 2.46 bits per heavy atom. The van der Waals surface area contributed by atoms with Crippen LogP contribution in [0.1, 0.15) is 37.9 Å². The standard InChI is InChI=1S/C21H20FN3O3/c1-4-25-19-17(20(27)24-21(25)28)16(13-7-9-14(22)10-8-13)15(6-5-11-26)18(23-19)12(2)3/h5-12H,4H2,1-3H3,(H,24,27,28). The molecule has 2 heterocycles. The Morgan fingerprint density at radius 1 is 1.21 bits per heavy atom. The topological polar surface area (TPSA) is 84.8 Å². The van der Waals surface area contributed by atoms with Gasteiger partial charge in [0.1, 0.15) is 17.8 Å². The summed E-state index contributed by atoms with van der Waals surface area (Å²) in [5.41, 5.74) is 1.48. The molecule has 0 aliphatic rings. The number of hydrogen-bond acceptors (Lipinski definition) is 4. The Morgan fingerprint density at radius 2 is 1.89 bits per heavy atom. The van der Waals surface area contributed by atoms with Gasteiger partial charge >= 0.3 is 5.69 Å². The van der Waals surface area contributed by atoms with Crippen LogP contribution in [0.25, 0.3) is 28.2 Å². The molecule has 0 fully saturated rings. The van der Waals surface area contributed by atoms with Crippen molar-refractivity contribution >= 4 is 23.4 Å². The summed E-state index contributed by atoms with van der Waals surface area (Å²) in [7, 11) is 0. The molecular weight excluding hydrogens is 361 g/mol. The number of carbonyl (C=O) groups is 1. The summed E-state index contributed by atoms with van der Waals surface area (Å²) >= 11 is 0. The van der Waals surface area contributed by atoms with Crippen molar-refractivity contribution in [1.82, 2.24) is 14.5 Å². The number of nitrogens with zero attached hydrogens (tertiary/aromatic N) is 2. The number of aromatic amines is 1. The molecule has 0 aliphatic heterocycles. The van der Waals surface area contributed by atoms with E-state index in [9.17, 15) is 18.8 Å². The number of aldehydes is 1. The monoisotopic (exact) mass is 381 g/mol. The van der Waals surface area contributed by atoms with E-state index in [4.69, 9.17) is 0 Å². The molecule has 0 bridgehead atoms. The summed E-state index contributed by atoms with van der Waals surface area (Å²) in [6.07, 6.45) is 3.56. The minimum absolute atomic E-state index is 0.0467. The first-order valence-corrected chi connectivity index (χ1v) is 8.97. The van der Waals surface area contributed by atoms with Gasteiger partial charge in [0.2, 0.25) is 0 Å². The van der Waals surface area contributed by atoms with Gasteiger partial charge < -0.3 is 0 Å². The largest absolute Gasteiger partial charge is 0.329 e. The second-order valence-corrected chi connectivity index (χ2v) is 6.64. The Labute approximate surface area is 160 Å². The first kappa shape index (κ1) is 19.4. The molecule has 3 rings (SSSR count). The molecule has 1 aromatic carbocycles. The lowest BCUT2D eigenvalue weighted by atomic mass is 9.92. The summed E-state index contributed by atoms with van der Waals surface area (Å²) in [6, 6.07) is 5.72. The van der Waals surface area contributed by atoms with Gasteiger partial charge in [0.05, 0.1) is 11.1 Å². The van der Waals surface area contributed by atoms with E-state index in [1.165, 1.54) is 22.8 Å². The molecule has 0 saturated carbocycles. The van der Waals surface area contributed by atoms with Gasteiger partial charge in [0.25, 0.3) is 5.56 Å². The van der Waals surface area contributed by atoms with Crippen LogP contribution in [0.4, 0.5) is 4.39 Å². The molecule has 0 saturated heterocycles. The second kappa shape index (κ2) is 7.72. The average molecular weight is 381 g/mol. The van der Waals surface area contributed by atoms with Gasteiger partial charge in [0.15, 0.2) is 0 Å². The Kier molecular flexibility index (Phi) is 5.35. The summed E-state index contributed by atoms with van der Waals surface area (Å²) in [5.74, 6) is -0.454. The van der Waals surface area contributed by atoms with Crippen molar-refractivity contribution in [1.29, 1.82) is 0 Å². The second-order valence-electron chi connectivity index (χ2n) is 6.64. The van der Waals surface area contributed by atoms with Crippen molar-refractivity contribution in [2.24, 2.45) is 0 Å². The van der Waals surface area contributed by atoms with Gasteiger partial charge in [-0.15, -0.1) is 0 Å². The van der Waals surface area contributed by atoms with Gasteiger partial charge in [-0.3, -0.25) is 19.1 Å². The van der Waals surface area contributed by atoms with E-state index >= 15 is 0 Å². The normalized spacial score (nSPS) is 11.6. The molecule has 1 N–H and O–H groups in total. The smallest absolute Gasteiger partial charge is 0.299 e. The van der Waals surface area contributed by atoms with E-state index in [1.807, 2.05) is 13.8 Å². The highest BCUT2D eigenvalue weighted by atomic mass is 19.1. The predicted octanol–water partition coefficient (Wildman–Crippen LogP) is 3.25. The zero-order valence-corrected chi connectivity index (χ0v) is 15.8. The van der Waals surface area contributed by atoms with E-state index in [0.717, 1.165) is 0 Å². The molecule has 0 spiro atoms. The van der Waals surface area contributed by atoms with Crippen LogP contribution in [-0.2, 0) is 11.3 Å². The average Bonchev–Trinajstić information content (AvgIpc) is 2.66. The summed E-state index contributed by atoms with van der Waals surface area (Å²) in [5, 5.41) is 0.225. The molecule has 28 heavy (non-hydrogen) atoms. The van der Waals surface area contributed by atoms with Crippen molar-refractivity contribution in [2.75, 3.05) is 0 Å². The lowest BCUT2D eigenvalue weighted by Gasteiger charge is -2.18. The van der Waals surface area contributed by atoms with Crippen molar-refractivity contribution in [3.8, 4) is 11.1 Å². The van der Waals surface area contributed by atoms with Gasteiger partial charge in [0, 0.05) is 17.7 Å². The Bertz CT molecular complexity index is 1190. The Hall–Kier alpha value is -3.35. The fourth-order valence-corrected chi connectivity index (χ4v) is 3.29. The fraction of sp³-hybridized carbons (Fsp3) is 0.238. The minimum atomic E-state index is -0.576. The molecule has 0 atom stereocenters. The third-order valence-electron chi connectivity index (χ3n) is 4.53. The molecule has 6 nitrogen and oxygen atoms in total. The van der Waals surface area contributed by atoms with Crippen LogP contribution in [0, 0.1) is 5.82 Å². The number of aromatic nitrogens is 3. The number of nitrogens with one attached hydrogen (secondary N) is 1. The first-order valence-electron chi connectivity index (χ1n) is 8.97. The number of hydrogen-bond donors (Lipinski definition) is 1. The van der Waals surface area contributed by atoms with Crippen molar-refractivity contribution in [3.05, 3.63) is 68.3 Å². The molecule has 0 aliphatic carbocycles. The summed E-state index contributed by atoms with van der Waals surface area (Å²) in [6.45, 7) is 5.97. The number of pyridine rings is 1. The number of halogens is 1. The molecular formula is C21H20FN3O3. The minimum Gasteiger partial charge on any atom is -0.299 e. The predicted molar refractivity (Wildman–Crippen MR) is 107 cm³/mol. The number of benzene rings is 1. The maximum Gasteiger partial charge on any atom is 0.329 e. The first-order chi connectivity index (χ1) is 13.4. The van der Waals surface area contributed by atoms with Crippen LogP contribution in [0.3, 0.4) is 0 Å². The number of rotatable bonds is 5. The molecule has 7 heteroatoms. The maximum atomic E-state index is 13.5. The summed E-state index contributed by atoms with van der Waals surface area (Å²) in [4.78, 5) is 42.9. The van der Waals surface area contributed by atoms with E-state index in [2.05, 4.69) is 9.97 Å². The lowest BCUT2D eigenvalue weighted by molar-refractivity contribution is -0.104. The van der Waals surface area contributed by atoms with E-state index in [-0.39, 0.29) is 17.0 Å². The van der Waals surface area contributed by atoms with Gasteiger partial charge in [-0.05, 0) is 42.7 Å². The highest BCUT2D eigenvalue weighted by Crippen LogP contribution is 2.34. The number of aryl methyl sites for hydroxylation is 1.